The summed E-state index contributed by atoms with van der Waals surface area (Å²) < 4.78 is 1.98. The highest BCUT2D eigenvalue weighted by atomic mass is 15.3. The molecule has 3 heteroatoms. The van der Waals surface area contributed by atoms with Gasteiger partial charge in [0.05, 0.1) is 0 Å². The van der Waals surface area contributed by atoms with Crippen LogP contribution >= 0.6 is 0 Å². The van der Waals surface area contributed by atoms with Gasteiger partial charge in [0.25, 0.3) is 0 Å². The summed E-state index contributed by atoms with van der Waals surface area (Å²) in [6.07, 6.45) is 4.93. The molecule has 2 rings (SSSR count). The maximum atomic E-state index is 4.20. The molecule has 19 heavy (non-hydrogen) atoms. The first kappa shape index (κ1) is 13.8. The van der Waals surface area contributed by atoms with E-state index in [2.05, 4.69) is 49.4 Å². The number of rotatable bonds is 6. The highest BCUT2D eigenvalue weighted by Crippen LogP contribution is 2.18. The summed E-state index contributed by atoms with van der Waals surface area (Å²) >= 11 is 0. The number of hydrogen-bond acceptors (Lipinski definition) is 2. The molecule has 0 spiro atoms. The van der Waals surface area contributed by atoms with Crippen molar-refractivity contribution in [1.29, 1.82) is 0 Å². The maximum Gasteiger partial charge on any atom is 0.0489 e. The lowest BCUT2D eigenvalue weighted by Gasteiger charge is -2.17. The quantitative estimate of drug-likeness (QED) is 0.805. The molecule has 0 aliphatic rings. The average molecular weight is 257 g/mol. The molecule has 1 unspecified atom stereocenters. The first-order chi connectivity index (χ1) is 9.16. The second kappa shape index (κ2) is 6.53. The van der Waals surface area contributed by atoms with Crippen LogP contribution < -0.4 is 5.32 Å². The van der Waals surface area contributed by atoms with Crippen LogP contribution in [-0.4, -0.2) is 16.3 Å². The largest absolute Gasteiger partial charge is 0.310 e. The third-order valence-corrected chi connectivity index (χ3v) is 3.47. The van der Waals surface area contributed by atoms with Crippen molar-refractivity contribution in [3.63, 3.8) is 0 Å². The van der Waals surface area contributed by atoms with E-state index in [1.807, 2.05) is 23.1 Å². The van der Waals surface area contributed by atoms with Crippen molar-refractivity contribution in [1.82, 2.24) is 15.1 Å². The van der Waals surface area contributed by atoms with Crippen LogP contribution in [0.2, 0.25) is 0 Å². The van der Waals surface area contributed by atoms with Gasteiger partial charge in [-0.2, -0.15) is 5.10 Å². The van der Waals surface area contributed by atoms with E-state index in [9.17, 15) is 0 Å². The van der Waals surface area contributed by atoms with Crippen molar-refractivity contribution < 1.29 is 0 Å². The van der Waals surface area contributed by atoms with Crippen LogP contribution in [0.25, 0.3) is 0 Å². The van der Waals surface area contributed by atoms with Crippen molar-refractivity contribution in [2.24, 2.45) is 0 Å². The van der Waals surface area contributed by atoms with Gasteiger partial charge < -0.3 is 5.32 Å². The summed E-state index contributed by atoms with van der Waals surface area (Å²) in [7, 11) is 0. The summed E-state index contributed by atoms with van der Waals surface area (Å²) in [6, 6.07) is 9.03. The van der Waals surface area contributed by atoms with Crippen LogP contribution in [0.15, 0.2) is 36.7 Å². The number of aryl methyl sites for hydroxylation is 3. The van der Waals surface area contributed by atoms with Gasteiger partial charge in [-0.1, -0.05) is 23.8 Å². The van der Waals surface area contributed by atoms with Gasteiger partial charge in [0.2, 0.25) is 0 Å². The Balaban J connectivity index is 1.79. The molecule has 0 aliphatic carbocycles. The lowest BCUT2D eigenvalue weighted by molar-refractivity contribution is 0.506. The molecule has 0 aliphatic heterocycles. The van der Waals surface area contributed by atoms with Crippen LogP contribution in [0, 0.1) is 13.8 Å². The first-order valence-electron chi connectivity index (χ1n) is 6.95. The smallest absolute Gasteiger partial charge is 0.0489 e. The van der Waals surface area contributed by atoms with Crippen LogP contribution in [0.1, 0.15) is 36.1 Å². The van der Waals surface area contributed by atoms with E-state index in [1.165, 1.54) is 16.7 Å². The van der Waals surface area contributed by atoms with E-state index in [0.717, 1.165) is 19.5 Å². The average Bonchev–Trinajstić information content (AvgIpc) is 2.87. The Hall–Kier alpha value is -1.61. The zero-order valence-corrected chi connectivity index (χ0v) is 12.1. The Morgan fingerprint density at radius 2 is 2.16 bits per heavy atom. The van der Waals surface area contributed by atoms with Crippen molar-refractivity contribution >= 4 is 0 Å². The predicted octanol–water partition coefficient (Wildman–Crippen LogP) is 3.24. The van der Waals surface area contributed by atoms with Gasteiger partial charge in [-0.25, -0.2) is 0 Å². The highest BCUT2D eigenvalue weighted by molar-refractivity contribution is 5.32. The lowest BCUT2D eigenvalue weighted by Crippen LogP contribution is -2.21. The Labute approximate surface area is 115 Å². The van der Waals surface area contributed by atoms with Crippen LogP contribution in [0.4, 0.5) is 0 Å². The SMILES string of the molecule is Cc1ccc(C(C)NCCCn2cccn2)c(C)c1. The van der Waals surface area contributed by atoms with Gasteiger partial charge in [0, 0.05) is 25.0 Å². The Bertz CT molecular complexity index is 503. The Morgan fingerprint density at radius 1 is 1.32 bits per heavy atom. The van der Waals surface area contributed by atoms with E-state index in [-0.39, 0.29) is 0 Å². The van der Waals surface area contributed by atoms with E-state index < -0.39 is 0 Å². The standard InChI is InChI=1S/C16H23N3/c1-13-6-7-16(14(2)12-13)15(3)17-8-4-10-19-11-5-9-18-19/h5-7,9,11-12,15,17H,4,8,10H2,1-3H3. The number of nitrogens with one attached hydrogen (secondary N) is 1. The zero-order chi connectivity index (χ0) is 13.7. The molecular weight excluding hydrogens is 234 g/mol. The molecule has 1 atom stereocenters. The molecule has 1 N–H and O–H groups in total. The second-order valence-corrected chi connectivity index (χ2v) is 5.16. The van der Waals surface area contributed by atoms with E-state index >= 15 is 0 Å². The minimum atomic E-state index is 0.401. The molecule has 0 bridgehead atoms. The molecule has 0 radical (unpaired) electrons. The van der Waals surface area contributed by atoms with Gasteiger partial charge >= 0.3 is 0 Å². The molecular formula is C16H23N3. The predicted molar refractivity (Wildman–Crippen MR) is 79.2 cm³/mol. The minimum absolute atomic E-state index is 0.401. The summed E-state index contributed by atoms with van der Waals surface area (Å²) in [6.45, 7) is 8.53. The molecule has 0 amide bonds. The fraction of sp³-hybridized carbons (Fsp3) is 0.438. The summed E-state index contributed by atoms with van der Waals surface area (Å²) in [5.74, 6) is 0. The number of benzene rings is 1. The minimum Gasteiger partial charge on any atom is -0.310 e. The molecule has 3 nitrogen and oxygen atoms in total. The second-order valence-electron chi connectivity index (χ2n) is 5.16. The number of hydrogen-bond donors (Lipinski definition) is 1. The maximum absolute atomic E-state index is 4.20. The molecule has 0 saturated heterocycles. The normalized spacial score (nSPS) is 12.6. The topological polar surface area (TPSA) is 29.9 Å². The van der Waals surface area contributed by atoms with Crippen molar-refractivity contribution in [2.45, 2.75) is 39.8 Å². The Morgan fingerprint density at radius 3 is 2.84 bits per heavy atom. The van der Waals surface area contributed by atoms with Gasteiger partial charge in [0.15, 0.2) is 0 Å². The third kappa shape index (κ3) is 3.93. The number of aromatic nitrogens is 2. The van der Waals surface area contributed by atoms with Gasteiger partial charge in [-0.05, 0) is 50.9 Å². The molecule has 2 aromatic rings. The third-order valence-electron chi connectivity index (χ3n) is 3.47. The highest BCUT2D eigenvalue weighted by Gasteiger charge is 2.07. The number of nitrogens with zero attached hydrogens (tertiary/aromatic N) is 2. The fourth-order valence-electron chi connectivity index (χ4n) is 2.41. The summed E-state index contributed by atoms with van der Waals surface area (Å²) in [5, 5.41) is 7.78. The Kier molecular flexibility index (Phi) is 4.74. The molecule has 102 valence electrons. The van der Waals surface area contributed by atoms with Crippen LogP contribution in [-0.2, 0) is 6.54 Å². The van der Waals surface area contributed by atoms with E-state index in [0.29, 0.717) is 6.04 Å². The zero-order valence-electron chi connectivity index (χ0n) is 12.1. The van der Waals surface area contributed by atoms with E-state index in [1.54, 1.807) is 0 Å². The van der Waals surface area contributed by atoms with Crippen molar-refractivity contribution in [3.05, 3.63) is 53.3 Å². The molecule has 1 aromatic heterocycles. The first-order valence-corrected chi connectivity index (χ1v) is 6.95. The van der Waals surface area contributed by atoms with Crippen LogP contribution in [0.5, 0.6) is 0 Å². The van der Waals surface area contributed by atoms with Crippen LogP contribution in [0.3, 0.4) is 0 Å². The van der Waals surface area contributed by atoms with Gasteiger partial charge in [-0.15, -0.1) is 0 Å². The lowest BCUT2D eigenvalue weighted by atomic mass is 10.0. The van der Waals surface area contributed by atoms with Gasteiger partial charge in [0.1, 0.15) is 0 Å². The molecule has 0 saturated carbocycles. The molecule has 1 aromatic carbocycles. The van der Waals surface area contributed by atoms with Crippen molar-refractivity contribution in [2.75, 3.05) is 6.54 Å². The molecule has 0 fully saturated rings. The molecule has 1 heterocycles. The monoisotopic (exact) mass is 257 g/mol. The summed E-state index contributed by atoms with van der Waals surface area (Å²) in [5.41, 5.74) is 4.09. The van der Waals surface area contributed by atoms with Gasteiger partial charge in [-0.3, -0.25) is 4.68 Å². The fourth-order valence-corrected chi connectivity index (χ4v) is 2.41. The van der Waals surface area contributed by atoms with E-state index in [4.69, 9.17) is 0 Å². The van der Waals surface area contributed by atoms with Crippen molar-refractivity contribution in [3.8, 4) is 0 Å². The summed E-state index contributed by atoms with van der Waals surface area (Å²) in [4.78, 5) is 0.